The van der Waals surface area contributed by atoms with Crippen LogP contribution in [0.2, 0.25) is 0 Å². The number of nitrogens with two attached hydrogens (primary N) is 2. The van der Waals surface area contributed by atoms with Gasteiger partial charge in [-0.05, 0) is 25.2 Å². The Balaban J connectivity index is 3.94. The molecule has 7 heteroatoms. The number of guanidine groups is 1. The summed E-state index contributed by atoms with van der Waals surface area (Å²) in [6, 6.07) is -0.649. The molecule has 6 N–H and O–H groups in total. The molecule has 0 aromatic rings. The molecule has 0 spiro atoms. The van der Waals surface area contributed by atoms with Crippen LogP contribution in [0.4, 0.5) is 0 Å². The second-order valence-corrected chi connectivity index (χ2v) is 4.85. The van der Waals surface area contributed by atoms with Gasteiger partial charge in [-0.2, -0.15) is 0 Å². The Morgan fingerprint density at radius 2 is 1.74 bits per heavy atom. The summed E-state index contributed by atoms with van der Waals surface area (Å²) in [4.78, 5) is 25.6. The van der Waals surface area contributed by atoms with Crippen LogP contribution in [0, 0.1) is 5.92 Å². The lowest BCUT2D eigenvalue weighted by Gasteiger charge is -2.19. The van der Waals surface area contributed by atoms with Crippen LogP contribution in [0.1, 0.15) is 33.1 Å². The van der Waals surface area contributed by atoms with E-state index in [0.29, 0.717) is 25.3 Å². The van der Waals surface area contributed by atoms with Crippen molar-refractivity contribution in [3.05, 3.63) is 0 Å². The SMILES string of the molecule is CC(C)C[C@H](C=O)NN[C@@H](C=O)CCCN=C(N)N. The zero-order valence-corrected chi connectivity index (χ0v) is 11.6. The maximum absolute atomic E-state index is 10.9. The fourth-order valence-electron chi connectivity index (χ4n) is 1.56. The van der Waals surface area contributed by atoms with Gasteiger partial charge in [0.15, 0.2) is 5.96 Å². The van der Waals surface area contributed by atoms with E-state index in [2.05, 4.69) is 15.8 Å². The van der Waals surface area contributed by atoms with Crippen molar-refractivity contribution in [2.45, 2.75) is 45.2 Å². The lowest BCUT2D eigenvalue weighted by Crippen LogP contribution is -2.48. The summed E-state index contributed by atoms with van der Waals surface area (Å²) >= 11 is 0. The molecule has 0 aliphatic carbocycles. The van der Waals surface area contributed by atoms with E-state index < -0.39 is 0 Å². The fraction of sp³-hybridized carbons (Fsp3) is 0.750. The molecule has 7 nitrogen and oxygen atoms in total. The minimum absolute atomic E-state index is 0.0479. The summed E-state index contributed by atoms with van der Waals surface area (Å²) in [5.74, 6) is 0.452. The highest BCUT2D eigenvalue weighted by Crippen LogP contribution is 2.02. The molecular weight excluding hydrogens is 246 g/mol. The number of carbonyl (C=O) groups is 2. The number of nitrogens with one attached hydrogen (secondary N) is 2. The lowest BCUT2D eigenvalue weighted by molar-refractivity contribution is -0.112. The van der Waals surface area contributed by atoms with E-state index in [1.54, 1.807) is 0 Å². The van der Waals surface area contributed by atoms with E-state index >= 15 is 0 Å². The Labute approximate surface area is 114 Å². The molecule has 0 amide bonds. The zero-order chi connectivity index (χ0) is 14.7. The van der Waals surface area contributed by atoms with Gasteiger partial charge < -0.3 is 21.1 Å². The van der Waals surface area contributed by atoms with Crippen LogP contribution in [0.5, 0.6) is 0 Å². The Kier molecular flexibility index (Phi) is 9.64. The Bertz CT molecular complexity index is 290. The first-order chi connectivity index (χ1) is 8.99. The molecule has 0 saturated carbocycles. The van der Waals surface area contributed by atoms with Crippen LogP contribution in [0.25, 0.3) is 0 Å². The first kappa shape index (κ1) is 17.5. The third kappa shape index (κ3) is 10.2. The highest BCUT2D eigenvalue weighted by molar-refractivity contribution is 5.75. The summed E-state index contributed by atoms with van der Waals surface area (Å²) in [5, 5.41) is 0. The summed E-state index contributed by atoms with van der Waals surface area (Å²) in [7, 11) is 0. The first-order valence-corrected chi connectivity index (χ1v) is 6.46. The van der Waals surface area contributed by atoms with Crippen LogP contribution >= 0.6 is 0 Å². The average molecular weight is 271 g/mol. The van der Waals surface area contributed by atoms with Crippen molar-refractivity contribution in [1.29, 1.82) is 0 Å². The van der Waals surface area contributed by atoms with Gasteiger partial charge in [-0.25, -0.2) is 10.9 Å². The number of carbonyl (C=O) groups excluding carboxylic acids is 2. The normalized spacial score (nSPS) is 13.8. The number of aldehydes is 2. The monoisotopic (exact) mass is 271 g/mol. The van der Waals surface area contributed by atoms with E-state index in [1.807, 2.05) is 13.8 Å². The molecule has 0 aliphatic rings. The van der Waals surface area contributed by atoms with Gasteiger partial charge in [0.05, 0.1) is 12.1 Å². The van der Waals surface area contributed by atoms with Crippen LogP contribution in [-0.2, 0) is 9.59 Å². The predicted molar refractivity (Wildman–Crippen MR) is 75.3 cm³/mol. The van der Waals surface area contributed by atoms with Gasteiger partial charge in [-0.15, -0.1) is 0 Å². The Hall–Kier alpha value is -1.47. The molecule has 0 bridgehead atoms. The fourth-order valence-corrected chi connectivity index (χ4v) is 1.56. The van der Waals surface area contributed by atoms with E-state index in [0.717, 1.165) is 19.0 Å². The molecule has 0 heterocycles. The number of hydrazine groups is 1. The summed E-state index contributed by atoms with van der Waals surface area (Å²) in [6.07, 6.45) is 3.65. The highest BCUT2D eigenvalue weighted by Gasteiger charge is 2.12. The number of rotatable bonds is 11. The molecule has 19 heavy (non-hydrogen) atoms. The van der Waals surface area contributed by atoms with Crippen molar-refractivity contribution < 1.29 is 9.59 Å². The van der Waals surface area contributed by atoms with Gasteiger partial charge >= 0.3 is 0 Å². The van der Waals surface area contributed by atoms with Crippen LogP contribution in [-0.4, -0.2) is 37.2 Å². The second-order valence-electron chi connectivity index (χ2n) is 4.85. The molecule has 0 aliphatic heterocycles. The molecule has 2 atom stereocenters. The highest BCUT2D eigenvalue weighted by atomic mass is 16.1. The molecule has 0 fully saturated rings. The van der Waals surface area contributed by atoms with E-state index in [1.165, 1.54) is 0 Å². The molecule has 0 aromatic carbocycles. The predicted octanol–water partition coefficient (Wildman–Crippen LogP) is -0.685. The maximum Gasteiger partial charge on any atom is 0.185 e. The third-order valence-electron chi connectivity index (χ3n) is 2.48. The number of hydrogen-bond donors (Lipinski definition) is 4. The number of aliphatic imine (C=N–C) groups is 1. The Morgan fingerprint density at radius 1 is 1.16 bits per heavy atom. The van der Waals surface area contributed by atoms with E-state index in [9.17, 15) is 9.59 Å². The van der Waals surface area contributed by atoms with Crippen molar-refractivity contribution >= 4 is 18.5 Å². The standard InChI is InChI=1S/C12H25N5O2/c1-9(2)6-11(8-19)17-16-10(7-18)4-3-5-15-12(13)14/h7-11,16-17H,3-6H2,1-2H3,(H4,13,14,15)/t10-,11-/m1/s1. The van der Waals surface area contributed by atoms with Gasteiger partial charge in [-0.1, -0.05) is 13.8 Å². The number of nitrogens with zero attached hydrogens (tertiary/aromatic N) is 1. The second kappa shape index (κ2) is 10.5. The molecular formula is C12H25N5O2. The maximum atomic E-state index is 10.9. The largest absolute Gasteiger partial charge is 0.370 e. The van der Waals surface area contributed by atoms with Crippen molar-refractivity contribution in [2.75, 3.05) is 6.54 Å². The average Bonchev–Trinajstić information content (AvgIpc) is 2.35. The minimum atomic E-state index is -0.358. The van der Waals surface area contributed by atoms with Crippen molar-refractivity contribution in [1.82, 2.24) is 10.9 Å². The summed E-state index contributed by atoms with van der Waals surface area (Å²) < 4.78 is 0. The van der Waals surface area contributed by atoms with Gasteiger partial charge in [0, 0.05) is 6.54 Å². The molecule has 0 saturated heterocycles. The lowest BCUT2D eigenvalue weighted by atomic mass is 10.1. The topological polar surface area (TPSA) is 123 Å². The molecule has 0 aromatic heterocycles. The quantitative estimate of drug-likeness (QED) is 0.130. The van der Waals surface area contributed by atoms with Crippen LogP contribution < -0.4 is 22.3 Å². The Morgan fingerprint density at radius 3 is 2.21 bits per heavy atom. The number of hydrogen-bond acceptors (Lipinski definition) is 5. The molecule has 0 unspecified atom stereocenters. The van der Waals surface area contributed by atoms with E-state index in [-0.39, 0.29) is 18.0 Å². The molecule has 0 radical (unpaired) electrons. The van der Waals surface area contributed by atoms with Crippen LogP contribution in [0.3, 0.4) is 0 Å². The van der Waals surface area contributed by atoms with Gasteiger partial charge in [-0.3, -0.25) is 4.99 Å². The van der Waals surface area contributed by atoms with Crippen molar-refractivity contribution in [3.8, 4) is 0 Å². The summed E-state index contributed by atoms with van der Waals surface area (Å²) in [5.41, 5.74) is 16.1. The third-order valence-corrected chi connectivity index (χ3v) is 2.48. The zero-order valence-electron chi connectivity index (χ0n) is 11.6. The summed E-state index contributed by atoms with van der Waals surface area (Å²) in [6.45, 7) is 4.55. The van der Waals surface area contributed by atoms with Gasteiger partial charge in [0.2, 0.25) is 0 Å². The van der Waals surface area contributed by atoms with Crippen LogP contribution in [0.15, 0.2) is 4.99 Å². The van der Waals surface area contributed by atoms with Gasteiger partial charge in [0.1, 0.15) is 12.6 Å². The first-order valence-electron chi connectivity index (χ1n) is 6.46. The minimum Gasteiger partial charge on any atom is -0.370 e. The van der Waals surface area contributed by atoms with Gasteiger partial charge in [0.25, 0.3) is 0 Å². The van der Waals surface area contributed by atoms with E-state index in [4.69, 9.17) is 11.5 Å². The van der Waals surface area contributed by atoms with Crippen molar-refractivity contribution in [3.63, 3.8) is 0 Å². The smallest absolute Gasteiger partial charge is 0.185 e. The molecule has 0 rings (SSSR count). The van der Waals surface area contributed by atoms with Crippen molar-refractivity contribution in [2.24, 2.45) is 22.4 Å². The molecule has 110 valence electrons.